The summed E-state index contributed by atoms with van der Waals surface area (Å²) in [5.41, 5.74) is 8.55. The lowest BCUT2D eigenvalue weighted by atomic mass is 9.67. The highest BCUT2D eigenvalue weighted by molar-refractivity contribution is 5.91. The molecule has 1 N–H and O–H groups in total. The van der Waals surface area contributed by atoms with Gasteiger partial charge in [-0.3, -0.25) is 0 Å². The Morgan fingerprint density at radius 1 is 0.649 bits per heavy atom. The highest BCUT2D eigenvalue weighted by Gasteiger charge is 2.46. The quantitative estimate of drug-likeness (QED) is 0.208. The van der Waals surface area contributed by atoms with Gasteiger partial charge in [0.2, 0.25) is 0 Å². The van der Waals surface area contributed by atoms with Crippen LogP contribution in [0.5, 0.6) is 11.5 Å². The minimum atomic E-state index is -0.585. The van der Waals surface area contributed by atoms with Crippen LogP contribution in [-0.2, 0) is 5.41 Å². The highest BCUT2D eigenvalue weighted by Crippen LogP contribution is 2.56. The summed E-state index contributed by atoms with van der Waals surface area (Å²) in [5, 5.41) is 10.3. The molecular formula is C34H26O3. The number of phenolic OH excluding ortho intramolecular Hbond substituents is 1. The minimum Gasteiger partial charge on any atom is -0.508 e. The number of ether oxygens (including phenoxy) is 1. The van der Waals surface area contributed by atoms with Crippen molar-refractivity contribution >= 4 is 5.97 Å². The minimum absolute atomic E-state index is 0.276. The summed E-state index contributed by atoms with van der Waals surface area (Å²) in [6.07, 6.45) is 0. The van der Waals surface area contributed by atoms with Crippen LogP contribution in [0.3, 0.4) is 0 Å². The molecule has 1 aliphatic carbocycles. The molecule has 0 aliphatic heterocycles. The van der Waals surface area contributed by atoms with Gasteiger partial charge in [0.05, 0.1) is 11.0 Å². The molecule has 0 fully saturated rings. The van der Waals surface area contributed by atoms with Crippen LogP contribution in [0.1, 0.15) is 43.7 Å². The standard InChI is InChI=1S/C34H26O3/c1-22-20-25(16-18-31(22)35)34(29-14-8-6-12-27(29)28-13-7-9-15-30(28)34)26-17-19-32(23(2)21-26)37-33(36)24-10-4-3-5-11-24/h3-21,35H,1-2H3. The average molecular weight is 483 g/mol. The van der Waals surface area contributed by atoms with E-state index in [0.717, 1.165) is 22.3 Å². The van der Waals surface area contributed by atoms with Crippen molar-refractivity contribution in [2.24, 2.45) is 0 Å². The van der Waals surface area contributed by atoms with E-state index in [9.17, 15) is 9.90 Å². The first-order chi connectivity index (χ1) is 18.0. The van der Waals surface area contributed by atoms with Crippen molar-refractivity contribution in [3.63, 3.8) is 0 Å². The molecule has 5 aromatic carbocycles. The Kier molecular flexibility index (Phi) is 5.42. The van der Waals surface area contributed by atoms with Crippen LogP contribution in [-0.4, -0.2) is 11.1 Å². The lowest BCUT2D eigenvalue weighted by Crippen LogP contribution is -2.29. The summed E-state index contributed by atoms with van der Waals surface area (Å²) < 4.78 is 5.79. The topological polar surface area (TPSA) is 46.5 Å². The Hall–Kier alpha value is -4.63. The van der Waals surface area contributed by atoms with E-state index >= 15 is 0 Å². The SMILES string of the molecule is Cc1cc(C2(c3ccc(OC(=O)c4ccccc4)c(C)c3)c3ccccc3-c3ccccc32)ccc1O. The number of rotatable bonds is 4. The third-order valence-electron chi connectivity index (χ3n) is 7.40. The maximum absolute atomic E-state index is 12.7. The third kappa shape index (κ3) is 3.54. The van der Waals surface area contributed by atoms with Crippen molar-refractivity contribution in [2.75, 3.05) is 0 Å². The van der Waals surface area contributed by atoms with Gasteiger partial charge in [0, 0.05) is 0 Å². The van der Waals surface area contributed by atoms with E-state index < -0.39 is 5.41 Å². The second kappa shape index (κ2) is 8.79. The molecule has 0 spiro atoms. The van der Waals surface area contributed by atoms with Crippen LogP contribution in [0.25, 0.3) is 11.1 Å². The van der Waals surface area contributed by atoms with E-state index in [0.29, 0.717) is 11.3 Å². The number of fused-ring (bicyclic) bond motifs is 3. The molecule has 0 amide bonds. The second-order valence-corrected chi connectivity index (χ2v) is 9.58. The van der Waals surface area contributed by atoms with Crippen LogP contribution in [0.4, 0.5) is 0 Å². The third-order valence-corrected chi connectivity index (χ3v) is 7.40. The molecule has 0 aromatic heterocycles. The fraction of sp³-hybridized carbons (Fsp3) is 0.0882. The number of phenols is 1. The Balaban J connectivity index is 1.56. The molecule has 37 heavy (non-hydrogen) atoms. The molecule has 0 radical (unpaired) electrons. The van der Waals surface area contributed by atoms with Crippen molar-refractivity contribution in [3.8, 4) is 22.6 Å². The Morgan fingerprint density at radius 2 is 1.19 bits per heavy atom. The zero-order valence-electron chi connectivity index (χ0n) is 20.7. The van der Waals surface area contributed by atoms with E-state index in [-0.39, 0.29) is 11.7 Å². The zero-order valence-corrected chi connectivity index (χ0v) is 20.7. The van der Waals surface area contributed by atoms with Gasteiger partial charge < -0.3 is 9.84 Å². The average Bonchev–Trinajstić information content (AvgIpc) is 3.23. The first-order valence-corrected chi connectivity index (χ1v) is 12.4. The summed E-state index contributed by atoms with van der Waals surface area (Å²) in [6, 6.07) is 38.0. The van der Waals surface area contributed by atoms with Crippen LogP contribution in [0.2, 0.25) is 0 Å². The first-order valence-electron chi connectivity index (χ1n) is 12.4. The zero-order chi connectivity index (χ0) is 25.6. The normalized spacial score (nSPS) is 13.0. The molecule has 1 aliphatic rings. The first kappa shape index (κ1) is 22.8. The number of aryl methyl sites for hydroxylation is 2. The predicted molar refractivity (Wildman–Crippen MR) is 146 cm³/mol. The fourth-order valence-corrected chi connectivity index (χ4v) is 5.64. The summed E-state index contributed by atoms with van der Waals surface area (Å²) in [5.74, 6) is 0.434. The number of benzene rings is 5. The van der Waals surface area contributed by atoms with Gasteiger partial charge in [0.25, 0.3) is 0 Å². The number of hydrogen-bond donors (Lipinski definition) is 1. The summed E-state index contributed by atoms with van der Waals surface area (Å²) in [6.45, 7) is 3.90. The van der Waals surface area contributed by atoms with Crippen molar-refractivity contribution < 1.29 is 14.6 Å². The van der Waals surface area contributed by atoms with Gasteiger partial charge in [-0.25, -0.2) is 4.79 Å². The summed E-state index contributed by atoms with van der Waals surface area (Å²) in [7, 11) is 0. The number of carbonyl (C=O) groups is 1. The van der Waals surface area contributed by atoms with Crippen LogP contribution in [0, 0.1) is 13.8 Å². The van der Waals surface area contributed by atoms with Crippen molar-refractivity contribution in [3.05, 3.63) is 154 Å². The lowest BCUT2D eigenvalue weighted by molar-refractivity contribution is 0.0733. The Morgan fingerprint density at radius 3 is 1.78 bits per heavy atom. The van der Waals surface area contributed by atoms with E-state index in [2.05, 4.69) is 66.7 Å². The van der Waals surface area contributed by atoms with Crippen LogP contribution >= 0.6 is 0 Å². The summed E-state index contributed by atoms with van der Waals surface area (Å²) in [4.78, 5) is 12.7. The van der Waals surface area contributed by atoms with E-state index in [1.807, 2.05) is 44.2 Å². The number of carbonyl (C=O) groups excluding carboxylic acids is 1. The molecule has 5 aromatic rings. The molecule has 0 bridgehead atoms. The highest BCUT2D eigenvalue weighted by atomic mass is 16.5. The molecule has 6 rings (SSSR count). The Labute approximate surface area is 216 Å². The van der Waals surface area contributed by atoms with Crippen molar-refractivity contribution in [2.45, 2.75) is 19.3 Å². The molecule has 0 atom stereocenters. The molecule has 0 saturated heterocycles. The maximum Gasteiger partial charge on any atom is 0.343 e. The fourth-order valence-electron chi connectivity index (χ4n) is 5.64. The Bertz CT molecular complexity index is 1600. The van der Waals surface area contributed by atoms with E-state index in [1.165, 1.54) is 22.3 Å². The van der Waals surface area contributed by atoms with E-state index in [1.54, 1.807) is 18.2 Å². The van der Waals surface area contributed by atoms with Gasteiger partial charge in [-0.05, 0) is 82.6 Å². The van der Waals surface area contributed by atoms with E-state index in [4.69, 9.17) is 4.74 Å². The lowest BCUT2D eigenvalue weighted by Gasteiger charge is -2.34. The van der Waals surface area contributed by atoms with Gasteiger partial charge in [-0.15, -0.1) is 0 Å². The number of hydrogen-bond acceptors (Lipinski definition) is 3. The monoisotopic (exact) mass is 482 g/mol. The predicted octanol–water partition coefficient (Wildman–Crippen LogP) is 7.59. The second-order valence-electron chi connectivity index (χ2n) is 9.58. The van der Waals surface area contributed by atoms with Gasteiger partial charge in [0.15, 0.2) is 0 Å². The largest absolute Gasteiger partial charge is 0.508 e. The molecule has 3 nitrogen and oxygen atoms in total. The smallest absolute Gasteiger partial charge is 0.343 e. The van der Waals surface area contributed by atoms with Crippen LogP contribution in [0.15, 0.2) is 115 Å². The van der Waals surface area contributed by atoms with Crippen molar-refractivity contribution in [1.82, 2.24) is 0 Å². The molecule has 180 valence electrons. The molecular weight excluding hydrogens is 456 g/mol. The molecule has 0 saturated carbocycles. The molecule has 3 heteroatoms. The maximum atomic E-state index is 12.7. The van der Waals surface area contributed by atoms with Gasteiger partial charge in [-0.2, -0.15) is 0 Å². The van der Waals surface area contributed by atoms with Crippen molar-refractivity contribution in [1.29, 1.82) is 0 Å². The molecule has 0 heterocycles. The summed E-state index contributed by atoms with van der Waals surface area (Å²) >= 11 is 0. The number of esters is 1. The van der Waals surface area contributed by atoms with Gasteiger partial charge in [0.1, 0.15) is 11.5 Å². The van der Waals surface area contributed by atoms with Gasteiger partial charge >= 0.3 is 5.97 Å². The van der Waals surface area contributed by atoms with Crippen LogP contribution < -0.4 is 4.74 Å². The molecule has 0 unspecified atom stereocenters. The number of aromatic hydroxyl groups is 1. The van der Waals surface area contributed by atoms with Gasteiger partial charge in [-0.1, -0.05) is 91.0 Å².